The van der Waals surface area contributed by atoms with E-state index in [2.05, 4.69) is 0 Å². The maximum Gasteiger partial charge on any atom is 0.402 e. The third kappa shape index (κ3) is 3.73. The number of hydrogen-bond acceptors (Lipinski definition) is 1. The Morgan fingerprint density at radius 3 is 1.89 bits per heavy atom. The molecule has 0 aliphatic heterocycles. The third-order valence-electron chi connectivity index (χ3n) is 2.38. The lowest BCUT2D eigenvalue weighted by molar-refractivity contribution is -0.290. The fraction of sp³-hybridized carbons (Fsp3) is 0.400. The molecule has 0 aliphatic rings. The lowest BCUT2D eigenvalue weighted by Gasteiger charge is -2.28. The summed E-state index contributed by atoms with van der Waals surface area (Å²) in [5, 5.41) is -0.465. The predicted octanol–water partition coefficient (Wildman–Crippen LogP) is 4.22. The van der Waals surface area contributed by atoms with Gasteiger partial charge in [0.1, 0.15) is 5.82 Å². The first kappa shape index (κ1) is 16.0. The molecule has 1 atom stereocenters. The molecule has 0 aliphatic carbocycles. The number of rotatable bonds is 2. The van der Waals surface area contributed by atoms with Gasteiger partial charge in [0.25, 0.3) is 0 Å². The van der Waals surface area contributed by atoms with Gasteiger partial charge < -0.3 is 5.73 Å². The van der Waals surface area contributed by atoms with Crippen LogP contribution >= 0.6 is 11.6 Å². The van der Waals surface area contributed by atoms with Crippen LogP contribution in [0.4, 0.5) is 30.7 Å². The second kappa shape index (κ2) is 5.16. The van der Waals surface area contributed by atoms with E-state index in [4.69, 9.17) is 17.3 Å². The Balaban J connectivity index is 3.28. The molecule has 0 saturated heterocycles. The molecule has 0 heterocycles. The highest BCUT2D eigenvalue weighted by atomic mass is 35.5. The van der Waals surface area contributed by atoms with Gasteiger partial charge in [0.05, 0.1) is 6.04 Å². The second-order valence-corrected chi connectivity index (χ2v) is 4.16. The van der Waals surface area contributed by atoms with Gasteiger partial charge in [-0.2, -0.15) is 26.3 Å². The molecule has 19 heavy (non-hydrogen) atoms. The SMILES string of the molecule is NC(c1cc(F)ccc1Cl)C(C(F)(F)F)C(F)(F)F. The molecule has 2 N–H and O–H groups in total. The smallest absolute Gasteiger partial charge is 0.323 e. The largest absolute Gasteiger partial charge is 0.402 e. The molecule has 0 saturated carbocycles. The van der Waals surface area contributed by atoms with E-state index in [1.54, 1.807) is 0 Å². The quantitative estimate of drug-likeness (QED) is 0.813. The van der Waals surface area contributed by atoms with Crippen LogP contribution in [0, 0.1) is 11.7 Å². The summed E-state index contributed by atoms with van der Waals surface area (Å²) < 4.78 is 87.6. The predicted molar refractivity (Wildman–Crippen MR) is 53.9 cm³/mol. The van der Waals surface area contributed by atoms with Gasteiger partial charge in [-0.05, 0) is 23.8 Å². The van der Waals surface area contributed by atoms with Gasteiger partial charge in [-0.25, -0.2) is 4.39 Å². The summed E-state index contributed by atoms with van der Waals surface area (Å²) in [5.74, 6) is -4.85. The molecule has 9 heteroatoms. The number of hydrogen-bond donors (Lipinski definition) is 1. The van der Waals surface area contributed by atoms with Gasteiger partial charge in [0.2, 0.25) is 0 Å². The Morgan fingerprint density at radius 2 is 1.47 bits per heavy atom. The first-order chi connectivity index (χ1) is 8.44. The van der Waals surface area contributed by atoms with E-state index >= 15 is 0 Å². The minimum absolute atomic E-state index is 0.456. The summed E-state index contributed by atoms with van der Waals surface area (Å²) in [4.78, 5) is 0. The molecule has 1 rings (SSSR count). The Bertz CT molecular complexity index is 440. The van der Waals surface area contributed by atoms with Crippen LogP contribution in [0.25, 0.3) is 0 Å². The molecule has 1 aromatic carbocycles. The van der Waals surface area contributed by atoms with Crippen molar-refractivity contribution in [2.45, 2.75) is 18.4 Å². The summed E-state index contributed by atoms with van der Waals surface area (Å²) in [6.07, 6.45) is -11.2. The number of benzene rings is 1. The Labute approximate surface area is 108 Å². The molecule has 1 nitrogen and oxygen atoms in total. The van der Waals surface area contributed by atoms with Crippen LogP contribution in [0.2, 0.25) is 5.02 Å². The van der Waals surface area contributed by atoms with Crippen molar-refractivity contribution in [1.29, 1.82) is 0 Å². The van der Waals surface area contributed by atoms with Crippen LogP contribution in [0.3, 0.4) is 0 Å². The van der Waals surface area contributed by atoms with E-state index in [0.717, 1.165) is 12.1 Å². The summed E-state index contributed by atoms with van der Waals surface area (Å²) in [7, 11) is 0. The molecule has 1 aromatic rings. The van der Waals surface area contributed by atoms with Crippen LogP contribution in [0.1, 0.15) is 11.6 Å². The maximum absolute atomic E-state index is 12.9. The molecular formula is C10H7ClF7N. The van der Waals surface area contributed by atoms with Crippen molar-refractivity contribution in [2.24, 2.45) is 11.7 Å². The molecule has 0 aromatic heterocycles. The zero-order valence-corrected chi connectivity index (χ0v) is 9.74. The first-order valence-corrected chi connectivity index (χ1v) is 5.16. The number of nitrogens with two attached hydrogens (primary N) is 1. The highest BCUT2D eigenvalue weighted by molar-refractivity contribution is 6.31. The number of alkyl halides is 6. The molecule has 0 amide bonds. The van der Waals surface area contributed by atoms with E-state index in [0.29, 0.717) is 6.07 Å². The third-order valence-corrected chi connectivity index (χ3v) is 2.73. The van der Waals surface area contributed by atoms with E-state index < -0.39 is 40.7 Å². The lowest BCUT2D eigenvalue weighted by atomic mass is 9.92. The summed E-state index contributed by atoms with van der Waals surface area (Å²) in [6, 6.07) is -0.439. The maximum atomic E-state index is 12.9. The van der Waals surface area contributed by atoms with E-state index in [1.165, 1.54) is 0 Å². The van der Waals surface area contributed by atoms with E-state index in [-0.39, 0.29) is 0 Å². The highest BCUT2D eigenvalue weighted by Gasteiger charge is 2.59. The molecule has 0 fully saturated rings. The standard InChI is InChI=1S/C10H7ClF7N/c11-6-2-1-4(12)3-5(6)7(19)8(9(13,14)15)10(16,17)18/h1-3,7-8H,19H2. The van der Waals surface area contributed by atoms with E-state index in [9.17, 15) is 30.7 Å². The minimum atomic E-state index is -5.62. The van der Waals surface area contributed by atoms with Crippen LogP contribution < -0.4 is 5.73 Å². The summed E-state index contributed by atoms with van der Waals surface area (Å²) >= 11 is 5.45. The monoisotopic (exact) mass is 309 g/mol. The fourth-order valence-corrected chi connectivity index (χ4v) is 1.79. The molecule has 0 bridgehead atoms. The molecule has 0 spiro atoms. The van der Waals surface area contributed by atoms with Crippen molar-refractivity contribution in [3.63, 3.8) is 0 Å². The van der Waals surface area contributed by atoms with Crippen LogP contribution in [-0.4, -0.2) is 12.4 Å². The van der Waals surface area contributed by atoms with E-state index in [1.807, 2.05) is 0 Å². The zero-order valence-electron chi connectivity index (χ0n) is 8.99. The van der Waals surface area contributed by atoms with Gasteiger partial charge in [-0.1, -0.05) is 11.6 Å². The van der Waals surface area contributed by atoms with Gasteiger partial charge >= 0.3 is 12.4 Å². The normalized spacial score (nSPS) is 14.8. The zero-order chi connectivity index (χ0) is 15.0. The summed E-state index contributed by atoms with van der Waals surface area (Å²) in [5.41, 5.74) is 4.24. The molecular weight excluding hydrogens is 303 g/mol. The average Bonchev–Trinajstić information content (AvgIpc) is 2.17. The Hall–Kier alpha value is -1.02. The first-order valence-electron chi connectivity index (χ1n) is 4.78. The molecule has 108 valence electrons. The summed E-state index contributed by atoms with van der Waals surface area (Å²) in [6.45, 7) is 0. The van der Waals surface area contributed by atoms with Gasteiger partial charge in [0, 0.05) is 5.02 Å². The second-order valence-electron chi connectivity index (χ2n) is 3.75. The van der Waals surface area contributed by atoms with Crippen LogP contribution in [-0.2, 0) is 0 Å². The lowest BCUT2D eigenvalue weighted by Crippen LogP contribution is -2.44. The molecule has 0 radical (unpaired) electrons. The van der Waals surface area contributed by atoms with Crippen molar-refractivity contribution >= 4 is 11.6 Å². The molecule has 1 unspecified atom stereocenters. The Kier molecular flexibility index (Phi) is 4.36. The van der Waals surface area contributed by atoms with Crippen molar-refractivity contribution in [1.82, 2.24) is 0 Å². The van der Waals surface area contributed by atoms with Gasteiger partial charge in [-0.3, -0.25) is 0 Å². The topological polar surface area (TPSA) is 26.0 Å². The number of halogens is 8. The van der Waals surface area contributed by atoms with Crippen molar-refractivity contribution in [3.05, 3.63) is 34.6 Å². The minimum Gasteiger partial charge on any atom is -0.323 e. The van der Waals surface area contributed by atoms with Crippen LogP contribution in [0.15, 0.2) is 18.2 Å². The van der Waals surface area contributed by atoms with Gasteiger partial charge in [0.15, 0.2) is 5.92 Å². The van der Waals surface area contributed by atoms with Crippen molar-refractivity contribution < 1.29 is 30.7 Å². The van der Waals surface area contributed by atoms with Crippen LogP contribution in [0.5, 0.6) is 0 Å². The average molecular weight is 310 g/mol. The highest BCUT2D eigenvalue weighted by Crippen LogP contribution is 2.46. The van der Waals surface area contributed by atoms with Gasteiger partial charge in [-0.15, -0.1) is 0 Å². The van der Waals surface area contributed by atoms with Crippen molar-refractivity contribution in [2.75, 3.05) is 0 Å². The van der Waals surface area contributed by atoms with Crippen molar-refractivity contribution in [3.8, 4) is 0 Å². The Morgan fingerprint density at radius 1 is 1.00 bits per heavy atom. The fourth-order valence-electron chi connectivity index (χ4n) is 1.54.